The van der Waals surface area contributed by atoms with Crippen LogP contribution in [0.1, 0.15) is 15.9 Å². The van der Waals surface area contributed by atoms with Gasteiger partial charge in [0.1, 0.15) is 5.75 Å². The van der Waals surface area contributed by atoms with Gasteiger partial charge in [0.05, 0.1) is 17.3 Å². The van der Waals surface area contributed by atoms with Crippen LogP contribution in [0.15, 0.2) is 36.4 Å². The van der Waals surface area contributed by atoms with E-state index in [0.717, 1.165) is 15.8 Å². The maximum Gasteiger partial charge on any atom is 0.257 e. The summed E-state index contributed by atoms with van der Waals surface area (Å²) >= 11 is 7.45. The van der Waals surface area contributed by atoms with E-state index in [9.17, 15) is 4.79 Å². The van der Waals surface area contributed by atoms with E-state index in [4.69, 9.17) is 16.3 Å². The van der Waals surface area contributed by atoms with Gasteiger partial charge in [-0.05, 0) is 42.8 Å². The molecule has 0 atom stereocenters. The number of thiazole rings is 1. The summed E-state index contributed by atoms with van der Waals surface area (Å²) in [5.74, 6) is 0.418. The number of amides is 1. The molecule has 1 N–H and O–H groups in total. The Kier molecular flexibility index (Phi) is 4.00. The van der Waals surface area contributed by atoms with Gasteiger partial charge in [0, 0.05) is 10.6 Å². The van der Waals surface area contributed by atoms with Crippen LogP contribution in [0.25, 0.3) is 10.2 Å². The number of halogens is 1. The lowest BCUT2D eigenvalue weighted by molar-refractivity contribution is 0.102. The van der Waals surface area contributed by atoms with Crippen LogP contribution in [0.4, 0.5) is 5.13 Å². The highest BCUT2D eigenvalue weighted by atomic mass is 35.5. The van der Waals surface area contributed by atoms with Crippen molar-refractivity contribution in [1.29, 1.82) is 0 Å². The van der Waals surface area contributed by atoms with Crippen LogP contribution in [0.3, 0.4) is 0 Å². The van der Waals surface area contributed by atoms with Gasteiger partial charge in [0.2, 0.25) is 0 Å². The summed E-state index contributed by atoms with van der Waals surface area (Å²) in [5.41, 5.74) is 2.37. The number of carbonyl (C=O) groups excluding carboxylic acids is 1. The molecule has 0 radical (unpaired) electrons. The molecule has 0 bridgehead atoms. The third-order valence-electron chi connectivity index (χ3n) is 3.20. The van der Waals surface area contributed by atoms with E-state index in [1.54, 1.807) is 31.4 Å². The molecule has 6 heteroatoms. The van der Waals surface area contributed by atoms with Crippen molar-refractivity contribution in [3.05, 3.63) is 52.5 Å². The van der Waals surface area contributed by atoms with Crippen LogP contribution in [0.2, 0.25) is 5.02 Å². The van der Waals surface area contributed by atoms with Crippen LogP contribution in [0.5, 0.6) is 5.75 Å². The zero-order chi connectivity index (χ0) is 15.7. The maximum absolute atomic E-state index is 12.3. The van der Waals surface area contributed by atoms with Crippen LogP contribution >= 0.6 is 22.9 Å². The molecule has 1 aromatic heterocycles. The van der Waals surface area contributed by atoms with E-state index in [-0.39, 0.29) is 5.91 Å². The molecule has 0 aliphatic rings. The van der Waals surface area contributed by atoms with Crippen LogP contribution in [-0.4, -0.2) is 18.0 Å². The molecule has 0 spiro atoms. The molecule has 0 aliphatic heterocycles. The van der Waals surface area contributed by atoms with Gasteiger partial charge in [0.25, 0.3) is 5.91 Å². The van der Waals surface area contributed by atoms with E-state index in [0.29, 0.717) is 21.5 Å². The van der Waals surface area contributed by atoms with Gasteiger partial charge in [0.15, 0.2) is 5.13 Å². The molecule has 2 aromatic carbocycles. The van der Waals surface area contributed by atoms with Crippen molar-refractivity contribution < 1.29 is 9.53 Å². The normalized spacial score (nSPS) is 10.7. The first-order valence-corrected chi connectivity index (χ1v) is 7.78. The Bertz CT molecular complexity index is 860. The first-order valence-electron chi connectivity index (χ1n) is 6.59. The molecule has 112 valence electrons. The average Bonchev–Trinajstić information content (AvgIpc) is 2.90. The number of hydrogen-bond acceptors (Lipinski definition) is 4. The number of methoxy groups -OCH3 is 1. The predicted octanol–water partition coefficient (Wildman–Crippen LogP) is 4.52. The zero-order valence-electron chi connectivity index (χ0n) is 12.0. The first-order chi connectivity index (χ1) is 10.6. The van der Waals surface area contributed by atoms with Gasteiger partial charge in [-0.1, -0.05) is 29.0 Å². The molecule has 3 rings (SSSR count). The van der Waals surface area contributed by atoms with Gasteiger partial charge < -0.3 is 4.74 Å². The molecule has 0 saturated carbocycles. The standard InChI is InChI=1S/C16H13ClN2O2S/c1-9-6-11(17)8-13-14(9)18-16(22-13)19-15(20)10-4-3-5-12(7-10)21-2/h3-8H,1-2H3,(H,18,19,20). The number of aryl methyl sites for hydroxylation is 1. The van der Waals surface area contributed by atoms with Gasteiger partial charge in [-0.3, -0.25) is 10.1 Å². The Balaban J connectivity index is 1.89. The Morgan fingerprint density at radius 3 is 2.91 bits per heavy atom. The lowest BCUT2D eigenvalue weighted by atomic mass is 10.2. The number of aromatic nitrogens is 1. The van der Waals surface area contributed by atoms with E-state index in [2.05, 4.69) is 10.3 Å². The largest absolute Gasteiger partial charge is 0.497 e. The SMILES string of the molecule is COc1cccc(C(=O)Nc2nc3c(C)cc(Cl)cc3s2)c1. The van der Waals surface area contributed by atoms with Crippen molar-refractivity contribution in [2.45, 2.75) is 6.92 Å². The Morgan fingerprint density at radius 1 is 1.32 bits per heavy atom. The van der Waals surface area contributed by atoms with E-state index >= 15 is 0 Å². The fourth-order valence-electron chi connectivity index (χ4n) is 2.14. The Morgan fingerprint density at radius 2 is 2.14 bits per heavy atom. The fraction of sp³-hybridized carbons (Fsp3) is 0.125. The summed E-state index contributed by atoms with van der Waals surface area (Å²) in [4.78, 5) is 16.7. The quantitative estimate of drug-likeness (QED) is 0.767. The summed E-state index contributed by atoms with van der Waals surface area (Å²) in [6, 6.07) is 10.7. The zero-order valence-corrected chi connectivity index (χ0v) is 13.6. The van der Waals surface area contributed by atoms with Gasteiger partial charge in [-0.25, -0.2) is 4.98 Å². The fourth-order valence-corrected chi connectivity index (χ4v) is 3.46. The van der Waals surface area contributed by atoms with Crippen molar-refractivity contribution in [3.8, 4) is 5.75 Å². The molecule has 1 heterocycles. The average molecular weight is 333 g/mol. The van der Waals surface area contributed by atoms with Crippen LogP contribution in [-0.2, 0) is 0 Å². The van der Waals surface area contributed by atoms with Crippen molar-refractivity contribution in [2.75, 3.05) is 12.4 Å². The number of hydrogen-bond donors (Lipinski definition) is 1. The molecule has 1 amide bonds. The Labute approximate surface area is 136 Å². The van der Waals surface area contributed by atoms with Crippen molar-refractivity contribution >= 4 is 44.2 Å². The summed E-state index contributed by atoms with van der Waals surface area (Å²) in [5, 5.41) is 4.03. The van der Waals surface area contributed by atoms with E-state index < -0.39 is 0 Å². The minimum absolute atomic E-state index is 0.221. The Hall–Kier alpha value is -2.11. The second kappa shape index (κ2) is 5.94. The molecule has 0 aliphatic carbocycles. The molecule has 0 saturated heterocycles. The second-order valence-electron chi connectivity index (χ2n) is 4.77. The number of rotatable bonds is 3. The molecule has 0 unspecified atom stereocenters. The number of carbonyl (C=O) groups is 1. The van der Waals surface area contributed by atoms with Gasteiger partial charge in [-0.15, -0.1) is 0 Å². The van der Waals surface area contributed by atoms with Crippen molar-refractivity contribution in [3.63, 3.8) is 0 Å². The number of nitrogens with one attached hydrogen (secondary N) is 1. The maximum atomic E-state index is 12.3. The highest BCUT2D eigenvalue weighted by Crippen LogP contribution is 2.31. The van der Waals surface area contributed by atoms with Crippen molar-refractivity contribution in [1.82, 2.24) is 4.98 Å². The summed E-state index contributed by atoms with van der Waals surface area (Å²) in [7, 11) is 1.57. The third kappa shape index (κ3) is 2.91. The third-order valence-corrected chi connectivity index (χ3v) is 4.34. The van der Waals surface area contributed by atoms with Gasteiger partial charge in [-0.2, -0.15) is 0 Å². The number of nitrogens with zero attached hydrogens (tertiary/aromatic N) is 1. The van der Waals surface area contributed by atoms with Gasteiger partial charge >= 0.3 is 0 Å². The number of anilines is 1. The lowest BCUT2D eigenvalue weighted by Crippen LogP contribution is -2.11. The lowest BCUT2D eigenvalue weighted by Gasteiger charge is -2.04. The summed E-state index contributed by atoms with van der Waals surface area (Å²) in [6.45, 7) is 1.95. The molecule has 4 nitrogen and oxygen atoms in total. The first kappa shape index (κ1) is 14.8. The number of benzene rings is 2. The number of fused-ring (bicyclic) bond motifs is 1. The van der Waals surface area contributed by atoms with E-state index in [1.807, 2.05) is 19.1 Å². The molecule has 0 fully saturated rings. The summed E-state index contributed by atoms with van der Waals surface area (Å²) < 4.78 is 6.07. The highest BCUT2D eigenvalue weighted by molar-refractivity contribution is 7.22. The minimum Gasteiger partial charge on any atom is -0.497 e. The topological polar surface area (TPSA) is 51.2 Å². The predicted molar refractivity (Wildman–Crippen MR) is 90.3 cm³/mol. The molecule has 3 aromatic rings. The molecular weight excluding hydrogens is 320 g/mol. The molecule has 22 heavy (non-hydrogen) atoms. The molecular formula is C16H13ClN2O2S. The van der Waals surface area contributed by atoms with Crippen LogP contribution in [0, 0.1) is 6.92 Å². The monoisotopic (exact) mass is 332 g/mol. The van der Waals surface area contributed by atoms with E-state index in [1.165, 1.54) is 11.3 Å². The highest BCUT2D eigenvalue weighted by Gasteiger charge is 2.12. The number of ether oxygens (including phenoxy) is 1. The summed E-state index contributed by atoms with van der Waals surface area (Å²) in [6.07, 6.45) is 0. The van der Waals surface area contributed by atoms with Crippen LogP contribution < -0.4 is 10.1 Å². The van der Waals surface area contributed by atoms with Crippen molar-refractivity contribution in [2.24, 2.45) is 0 Å². The second-order valence-corrected chi connectivity index (χ2v) is 6.24. The smallest absolute Gasteiger partial charge is 0.257 e. The minimum atomic E-state index is -0.221.